The first-order chi connectivity index (χ1) is 9.99. The summed E-state index contributed by atoms with van der Waals surface area (Å²) in [4.78, 5) is 4.20. The number of anilines is 2. The molecule has 110 valence electrons. The molecule has 0 radical (unpaired) electrons. The van der Waals surface area contributed by atoms with Crippen molar-refractivity contribution < 1.29 is 8.42 Å². The van der Waals surface area contributed by atoms with Gasteiger partial charge in [-0.15, -0.1) is 0 Å². The van der Waals surface area contributed by atoms with Crippen LogP contribution in [-0.4, -0.2) is 23.2 Å². The van der Waals surface area contributed by atoms with E-state index in [-0.39, 0.29) is 10.7 Å². The number of para-hydroxylation sites is 1. The van der Waals surface area contributed by atoms with Crippen molar-refractivity contribution in [2.24, 2.45) is 0 Å². The molecule has 0 bridgehead atoms. The summed E-state index contributed by atoms with van der Waals surface area (Å²) in [7, 11) is -3.79. The lowest BCUT2D eigenvalue weighted by Crippen LogP contribution is -2.13. The average molecular weight is 323 g/mol. The van der Waals surface area contributed by atoms with E-state index in [0.717, 1.165) is 10.2 Å². The number of sulfonamides is 1. The van der Waals surface area contributed by atoms with Crippen molar-refractivity contribution in [3.05, 3.63) is 30.5 Å². The maximum atomic E-state index is 12.4. The first-order valence-corrected chi connectivity index (χ1v) is 8.51. The molecule has 0 fully saturated rings. The summed E-state index contributed by atoms with van der Waals surface area (Å²) in [6.07, 6.45) is 1.41. The molecule has 7 nitrogen and oxygen atoms in total. The van der Waals surface area contributed by atoms with Crippen LogP contribution in [0.25, 0.3) is 10.2 Å². The van der Waals surface area contributed by atoms with Gasteiger partial charge in [0.25, 0.3) is 10.0 Å². The van der Waals surface area contributed by atoms with Crippen LogP contribution in [-0.2, 0) is 16.6 Å². The molecular formula is C12H13N5O2S2. The van der Waals surface area contributed by atoms with Crippen LogP contribution in [0.5, 0.6) is 0 Å². The van der Waals surface area contributed by atoms with Gasteiger partial charge in [-0.2, -0.15) is 5.10 Å². The quantitative estimate of drug-likeness (QED) is 0.763. The highest BCUT2D eigenvalue weighted by molar-refractivity contribution is 7.93. The van der Waals surface area contributed by atoms with Gasteiger partial charge in [0.15, 0.2) is 10.9 Å². The van der Waals surface area contributed by atoms with E-state index in [0.29, 0.717) is 11.7 Å². The smallest absolute Gasteiger partial charge is 0.268 e. The minimum absolute atomic E-state index is 0.0227. The van der Waals surface area contributed by atoms with E-state index in [1.54, 1.807) is 0 Å². The number of rotatable bonds is 4. The number of nitrogens with one attached hydrogen (secondary N) is 1. The van der Waals surface area contributed by atoms with Crippen molar-refractivity contribution in [2.75, 3.05) is 10.5 Å². The van der Waals surface area contributed by atoms with E-state index in [4.69, 9.17) is 5.73 Å². The second kappa shape index (κ2) is 5.01. The SMILES string of the molecule is CCn1cc(S(=O)(=O)Nc2nc3ccccc3s2)c(N)n1. The highest BCUT2D eigenvalue weighted by atomic mass is 32.2. The van der Waals surface area contributed by atoms with Crippen LogP contribution in [0, 0.1) is 0 Å². The Bertz CT molecular complexity index is 864. The topological polar surface area (TPSA) is 103 Å². The van der Waals surface area contributed by atoms with Crippen molar-refractivity contribution in [1.29, 1.82) is 0 Å². The molecule has 0 spiro atoms. The van der Waals surface area contributed by atoms with Crippen LogP contribution in [0.15, 0.2) is 35.4 Å². The van der Waals surface area contributed by atoms with Gasteiger partial charge in [-0.25, -0.2) is 13.4 Å². The first kappa shape index (κ1) is 13.8. The Morgan fingerprint density at radius 1 is 1.38 bits per heavy atom. The molecular weight excluding hydrogens is 310 g/mol. The predicted octanol–water partition coefficient (Wildman–Crippen LogP) is 1.90. The van der Waals surface area contributed by atoms with E-state index in [1.165, 1.54) is 22.2 Å². The maximum Gasteiger partial charge on any atom is 0.268 e. The monoisotopic (exact) mass is 323 g/mol. The highest BCUT2D eigenvalue weighted by Gasteiger charge is 2.22. The summed E-state index contributed by atoms with van der Waals surface area (Å²) in [5, 5.41) is 4.24. The number of fused-ring (bicyclic) bond motifs is 1. The lowest BCUT2D eigenvalue weighted by atomic mass is 10.3. The second-order valence-electron chi connectivity index (χ2n) is 4.33. The molecule has 0 saturated heterocycles. The molecule has 0 aliphatic rings. The number of hydrogen-bond donors (Lipinski definition) is 2. The molecule has 0 saturated carbocycles. The van der Waals surface area contributed by atoms with Crippen LogP contribution < -0.4 is 10.5 Å². The molecule has 1 aromatic carbocycles. The normalized spacial score (nSPS) is 11.9. The summed E-state index contributed by atoms with van der Waals surface area (Å²) in [6, 6.07) is 7.44. The molecule has 3 N–H and O–H groups in total. The van der Waals surface area contributed by atoms with Gasteiger partial charge in [-0.3, -0.25) is 9.40 Å². The summed E-state index contributed by atoms with van der Waals surface area (Å²) >= 11 is 1.27. The fourth-order valence-corrected chi connectivity index (χ4v) is 4.05. The molecule has 3 rings (SSSR count). The molecule has 3 aromatic rings. The third-order valence-corrected chi connectivity index (χ3v) is 5.32. The minimum atomic E-state index is -3.79. The minimum Gasteiger partial charge on any atom is -0.381 e. The molecule has 21 heavy (non-hydrogen) atoms. The highest BCUT2D eigenvalue weighted by Crippen LogP contribution is 2.28. The zero-order chi connectivity index (χ0) is 15.0. The average Bonchev–Trinajstić information content (AvgIpc) is 3.00. The molecule has 0 aliphatic heterocycles. The fourth-order valence-electron chi connectivity index (χ4n) is 1.87. The van der Waals surface area contributed by atoms with Gasteiger partial charge in [0.1, 0.15) is 4.90 Å². The van der Waals surface area contributed by atoms with Gasteiger partial charge in [-0.05, 0) is 19.1 Å². The molecule has 9 heteroatoms. The van der Waals surface area contributed by atoms with Crippen LogP contribution >= 0.6 is 11.3 Å². The number of thiazole rings is 1. The Labute approximate surface area is 125 Å². The lowest BCUT2D eigenvalue weighted by molar-refractivity contribution is 0.600. The fraction of sp³-hybridized carbons (Fsp3) is 0.167. The van der Waals surface area contributed by atoms with Crippen molar-refractivity contribution in [3.8, 4) is 0 Å². The van der Waals surface area contributed by atoms with Crippen LogP contribution in [0.2, 0.25) is 0 Å². The summed E-state index contributed by atoms with van der Waals surface area (Å²) < 4.78 is 29.5. The van der Waals surface area contributed by atoms with Crippen LogP contribution in [0.3, 0.4) is 0 Å². The van der Waals surface area contributed by atoms with E-state index >= 15 is 0 Å². The first-order valence-electron chi connectivity index (χ1n) is 6.21. The molecule has 0 aliphatic carbocycles. The van der Waals surface area contributed by atoms with Gasteiger partial charge in [0.2, 0.25) is 0 Å². The largest absolute Gasteiger partial charge is 0.381 e. The molecule has 0 atom stereocenters. The van der Waals surface area contributed by atoms with Crippen molar-refractivity contribution in [2.45, 2.75) is 18.4 Å². The summed E-state index contributed by atoms with van der Waals surface area (Å²) in [5.74, 6) is -0.0227. The number of benzene rings is 1. The number of nitrogens with zero attached hydrogens (tertiary/aromatic N) is 3. The van der Waals surface area contributed by atoms with Crippen molar-refractivity contribution in [1.82, 2.24) is 14.8 Å². The van der Waals surface area contributed by atoms with E-state index in [9.17, 15) is 8.42 Å². The van der Waals surface area contributed by atoms with Gasteiger partial charge >= 0.3 is 0 Å². The zero-order valence-corrected chi connectivity index (χ0v) is 12.8. The Kier molecular flexibility index (Phi) is 3.30. The Balaban J connectivity index is 1.96. The number of aromatic nitrogens is 3. The third kappa shape index (κ3) is 2.57. The van der Waals surface area contributed by atoms with Gasteiger partial charge in [0, 0.05) is 12.7 Å². The molecule has 0 unspecified atom stereocenters. The van der Waals surface area contributed by atoms with Gasteiger partial charge < -0.3 is 5.73 Å². The molecule has 0 amide bonds. The van der Waals surface area contributed by atoms with Crippen LogP contribution in [0.4, 0.5) is 10.9 Å². The second-order valence-corrected chi connectivity index (χ2v) is 7.01. The number of aryl methyl sites for hydroxylation is 1. The summed E-state index contributed by atoms with van der Waals surface area (Å²) in [6.45, 7) is 2.39. The Morgan fingerprint density at radius 2 is 2.14 bits per heavy atom. The van der Waals surface area contributed by atoms with E-state index in [2.05, 4.69) is 14.8 Å². The third-order valence-electron chi connectivity index (χ3n) is 2.88. The van der Waals surface area contributed by atoms with Gasteiger partial charge in [0.05, 0.1) is 10.2 Å². The maximum absolute atomic E-state index is 12.4. The Hall–Kier alpha value is -2.13. The van der Waals surface area contributed by atoms with Crippen molar-refractivity contribution in [3.63, 3.8) is 0 Å². The van der Waals surface area contributed by atoms with E-state index in [1.807, 2.05) is 31.2 Å². The standard InChI is InChI=1S/C12H13N5O2S2/c1-2-17-7-10(11(13)15-17)21(18,19)16-12-14-8-5-3-4-6-9(8)20-12/h3-7H,2H2,1H3,(H2,13,15)(H,14,16). The zero-order valence-electron chi connectivity index (χ0n) is 11.1. The van der Waals surface area contributed by atoms with Crippen LogP contribution in [0.1, 0.15) is 6.92 Å². The Morgan fingerprint density at radius 3 is 2.81 bits per heavy atom. The number of hydrogen-bond acceptors (Lipinski definition) is 6. The van der Waals surface area contributed by atoms with E-state index < -0.39 is 10.0 Å². The van der Waals surface area contributed by atoms with Crippen molar-refractivity contribution >= 4 is 42.5 Å². The van der Waals surface area contributed by atoms with Gasteiger partial charge in [-0.1, -0.05) is 23.5 Å². The lowest BCUT2D eigenvalue weighted by Gasteiger charge is -2.02. The molecule has 2 heterocycles. The summed E-state index contributed by atoms with van der Waals surface area (Å²) in [5.41, 5.74) is 6.41. The molecule has 2 aromatic heterocycles. The number of nitrogen functional groups attached to an aromatic ring is 1. The number of nitrogens with two attached hydrogens (primary N) is 1. The predicted molar refractivity (Wildman–Crippen MR) is 82.7 cm³/mol.